The topological polar surface area (TPSA) is 24.9 Å². The molecule has 132 valence electrons. The fourth-order valence-electron chi connectivity index (χ4n) is 4.34. The SMILES string of the molecule is CC1(C)OC[C@H](CN2CCN([C@H]3CCc4cc(Br)ccc43)CC2)O1. The number of piperazine rings is 1. The van der Waals surface area contributed by atoms with Crippen LogP contribution in [0.1, 0.15) is 37.4 Å². The second-order valence-corrected chi connectivity index (χ2v) is 8.60. The Morgan fingerprint density at radius 1 is 1.21 bits per heavy atom. The number of halogens is 1. The molecule has 2 aliphatic heterocycles. The second kappa shape index (κ2) is 6.69. The number of rotatable bonds is 3. The Kier molecular flexibility index (Phi) is 4.73. The third kappa shape index (κ3) is 3.56. The molecule has 24 heavy (non-hydrogen) atoms. The van der Waals surface area contributed by atoms with E-state index >= 15 is 0 Å². The molecule has 0 saturated carbocycles. The van der Waals surface area contributed by atoms with Crippen LogP contribution in [0.15, 0.2) is 22.7 Å². The lowest BCUT2D eigenvalue weighted by Crippen LogP contribution is -2.49. The summed E-state index contributed by atoms with van der Waals surface area (Å²) < 4.78 is 12.8. The van der Waals surface area contributed by atoms with E-state index in [1.165, 1.54) is 22.9 Å². The van der Waals surface area contributed by atoms with Gasteiger partial charge < -0.3 is 9.47 Å². The van der Waals surface area contributed by atoms with Crippen molar-refractivity contribution in [1.82, 2.24) is 9.80 Å². The quantitative estimate of drug-likeness (QED) is 0.785. The fourth-order valence-corrected chi connectivity index (χ4v) is 4.75. The van der Waals surface area contributed by atoms with Crippen molar-refractivity contribution in [3.63, 3.8) is 0 Å². The van der Waals surface area contributed by atoms with Crippen LogP contribution in [0, 0.1) is 0 Å². The Labute approximate surface area is 153 Å². The number of nitrogens with zero attached hydrogens (tertiary/aromatic N) is 2. The maximum Gasteiger partial charge on any atom is 0.163 e. The van der Waals surface area contributed by atoms with Gasteiger partial charge in [0, 0.05) is 43.2 Å². The number of aryl methyl sites for hydroxylation is 1. The zero-order chi connectivity index (χ0) is 16.7. The van der Waals surface area contributed by atoms with Crippen LogP contribution in [0.4, 0.5) is 0 Å². The lowest BCUT2D eigenvalue weighted by atomic mass is 10.1. The van der Waals surface area contributed by atoms with Gasteiger partial charge in [-0.25, -0.2) is 0 Å². The summed E-state index contributed by atoms with van der Waals surface area (Å²) in [6.45, 7) is 10.3. The third-order valence-corrected chi connectivity index (χ3v) is 6.02. The fraction of sp³-hybridized carbons (Fsp3) is 0.684. The highest BCUT2D eigenvalue weighted by Crippen LogP contribution is 2.37. The summed E-state index contributed by atoms with van der Waals surface area (Å²) in [5.74, 6) is -0.408. The largest absolute Gasteiger partial charge is 0.348 e. The summed E-state index contributed by atoms with van der Waals surface area (Å²) in [5.41, 5.74) is 3.07. The van der Waals surface area contributed by atoms with Gasteiger partial charge in [-0.1, -0.05) is 22.0 Å². The highest BCUT2D eigenvalue weighted by Gasteiger charge is 2.35. The molecule has 2 saturated heterocycles. The van der Waals surface area contributed by atoms with Crippen molar-refractivity contribution in [2.75, 3.05) is 39.3 Å². The van der Waals surface area contributed by atoms with Crippen molar-refractivity contribution in [2.24, 2.45) is 0 Å². The maximum atomic E-state index is 5.95. The zero-order valence-corrected chi connectivity index (χ0v) is 16.2. The molecule has 2 fully saturated rings. The molecule has 2 atom stereocenters. The van der Waals surface area contributed by atoms with Crippen molar-refractivity contribution in [2.45, 2.75) is 44.6 Å². The number of hydrogen-bond acceptors (Lipinski definition) is 4. The van der Waals surface area contributed by atoms with Crippen molar-refractivity contribution >= 4 is 15.9 Å². The first-order valence-corrected chi connectivity index (χ1v) is 9.86. The molecule has 0 amide bonds. The molecule has 0 unspecified atom stereocenters. The summed E-state index contributed by atoms with van der Waals surface area (Å²) in [6.07, 6.45) is 2.69. The van der Waals surface area contributed by atoms with Gasteiger partial charge in [0.25, 0.3) is 0 Å². The molecule has 0 spiro atoms. The predicted octanol–water partition coefficient (Wildman–Crippen LogP) is 3.21. The van der Waals surface area contributed by atoms with Gasteiger partial charge in [0.2, 0.25) is 0 Å². The predicted molar refractivity (Wildman–Crippen MR) is 98.1 cm³/mol. The van der Waals surface area contributed by atoms with Gasteiger partial charge in [0.05, 0.1) is 12.7 Å². The molecule has 2 heterocycles. The van der Waals surface area contributed by atoms with E-state index in [2.05, 4.69) is 43.9 Å². The molecule has 1 aliphatic carbocycles. The molecule has 0 radical (unpaired) electrons. The molecule has 3 aliphatic rings. The molecule has 1 aromatic rings. The maximum absolute atomic E-state index is 5.95. The van der Waals surface area contributed by atoms with Crippen LogP contribution in [0.5, 0.6) is 0 Å². The molecule has 4 rings (SSSR count). The molecule has 4 nitrogen and oxygen atoms in total. The van der Waals surface area contributed by atoms with Crippen LogP contribution >= 0.6 is 15.9 Å². The van der Waals surface area contributed by atoms with E-state index in [1.807, 2.05) is 13.8 Å². The number of fused-ring (bicyclic) bond motifs is 1. The number of ether oxygens (including phenoxy) is 2. The van der Waals surface area contributed by atoms with Crippen molar-refractivity contribution in [3.8, 4) is 0 Å². The van der Waals surface area contributed by atoms with Gasteiger partial charge in [0.15, 0.2) is 5.79 Å². The van der Waals surface area contributed by atoms with Crippen LogP contribution in [-0.2, 0) is 15.9 Å². The van der Waals surface area contributed by atoms with Crippen molar-refractivity contribution in [3.05, 3.63) is 33.8 Å². The van der Waals surface area contributed by atoms with E-state index in [1.54, 1.807) is 5.56 Å². The van der Waals surface area contributed by atoms with Gasteiger partial charge >= 0.3 is 0 Å². The first-order valence-electron chi connectivity index (χ1n) is 9.07. The van der Waals surface area contributed by atoms with E-state index in [-0.39, 0.29) is 6.10 Å². The Bertz CT molecular complexity index is 599. The van der Waals surface area contributed by atoms with Crippen molar-refractivity contribution in [1.29, 1.82) is 0 Å². The number of hydrogen-bond donors (Lipinski definition) is 0. The van der Waals surface area contributed by atoms with E-state index < -0.39 is 5.79 Å². The zero-order valence-electron chi connectivity index (χ0n) is 14.6. The molecule has 1 aromatic carbocycles. The molecule has 0 N–H and O–H groups in total. The van der Waals surface area contributed by atoms with E-state index in [4.69, 9.17) is 9.47 Å². The minimum absolute atomic E-state index is 0.219. The van der Waals surface area contributed by atoms with Crippen LogP contribution < -0.4 is 0 Å². The van der Waals surface area contributed by atoms with Crippen LogP contribution in [0.3, 0.4) is 0 Å². The van der Waals surface area contributed by atoms with Gasteiger partial charge in [-0.05, 0) is 49.9 Å². The van der Waals surface area contributed by atoms with Gasteiger partial charge in [-0.15, -0.1) is 0 Å². The Morgan fingerprint density at radius 3 is 2.71 bits per heavy atom. The van der Waals surface area contributed by atoms with Gasteiger partial charge in [-0.2, -0.15) is 0 Å². The average Bonchev–Trinajstić information content (AvgIpc) is 3.11. The summed E-state index contributed by atoms with van der Waals surface area (Å²) >= 11 is 3.60. The van der Waals surface area contributed by atoms with Gasteiger partial charge in [0.1, 0.15) is 0 Å². The minimum Gasteiger partial charge on any atom is -0.348 e. The molecule has 0 aromatic heterocycles. The Morgan fingerprint density at radius 2 is 2.00 bits per heavy atom. The van der Waals surface area contributed by atoms with Crippen molar-refractivity contribution < 1.29 is 9.47 Å². The molecular formula is C19H27BrN2O2. The monoisotopic (exact) mass is 394 g/mol. The Hall–Kier alpha value is -0.460. The van der Waals surface area contributed by atoms with Crippen LogP contribution in [0.25, 0.3) is 0 Å². The molecular weight excluding hydrogens is 368 g/mol. The standard InChI is InChI=1S/C19H27BrN2O2/c1-19(2)23-13-16(24-19)12-21-7-9-22(10-8-21)18-6-3-14-11-15(20)4-5-17(14)18/h4-5,11,16,18H,3,6-10,12-13H2,1-2H3/t16-,18-/m0/s1. The van der Waals surface area contributed by atoms with Crippen LogP contribution in [-0.4, -0.2) is 61.0 Å². The summed E-state index contributed by atoms with van der Waals surface area (Å²) in [4.78, 5) is 5.20. The summed E-state index contributed by atoms with van der Waals surface area (Å²) in [5, 5.41) is 0. The molecule has 5 heteroatoms. The summed E-state index contributed by atoms with van der Waals surface area (Å²) in [6, 6.07) is 7.41. The first-order chi connectivity index (χ1) is 11.5. The lowest BCUT2D eigenvalue weighted by molar-refractivity contribution is -0.140. The minimum atomic E-state index is -0.408. The highest BCUT2D eigenvalue weighted by atomic mass is 79.9. The average molecular weight is 395 g/mol. The Balaban J connectivity index is 1.31. The van der Waals surface area contributed by atoms with E-state index in [0.29, 0.717) is 6.04 Å². The lowest BCUT2D eigenvalue weighted by Gasteiger charge is -2.39. The first kappa shape index (κ1) is 17.0. The normalized spacial score (nSPS) is 30.6. The van der Waals surface area contributed by atoms with Crippen LogP contribution in [0.2, 0.25) is 0 Å². The van der Waals surface area contributed by atoms with Gasteiger partial charge in [-0.3, -0.25) is 9.80 Å². The number of benzene rings is 1. The van der Waals surface area contributed by atoms with E-state index in [9.17, 15) is 0 Å². The third-order valence-electron chi connectivity index (χ3n) is 5.53. The highest BCUT2D eigenvalue weighted by molar-refractivity contribution is 9.10. The molecule has 0 bridgehead atoms. The smallest absolute Gasteiger partial charge is 0.163 e. The summed E-state index contributed by atoms with van der Waals surface area (Å²) in [7, 11) is 0. The second-order valence-electron chi connectivity index (χ2n) is 7.68. The van der Waals surface area contributed by atoms with E-state index in [0.717, 1.165) is 39.3 Å².